The van der Waals surface area contributed by atoms with Crippen molar-refractivity contribution in [2.45, 2.75) is 36.5 Å². The third-order valence-corrected chi connectivity index (χ3v) is 7.25. The molecule has 11 nitrogen and oxygen atoms in total. The van der Waals surface area contributed by atoms with E-state index in [4.69, 9.17) is 15.2 Å². The maximum absolute atomic E-state index is 12.4. The first-order valence-corrected chi connectivity index (χ1v) is 12.4. The Morgan fingerprint density at radius 2 is 1.97 bits per heavy atom. The highest BCUT2D eigenvalue weighted by molar-refractivity contribution is 7.99. The number of nitrogens with one attached hydrogen (secondary N) is 1. The molecule has 0 unspecified atom stereocenters. The lowest BCUT2D eigenvalue weighted by Crippen LogP contribution is -2.33. The fraction of sp³-hybridized carbons (Fsp3) is 0.421. The molecule has 0 atom stereocenters. The van der Waals surface area contributed by atoms with Crippen LogP contribution in [0.2, 0.25) is 0 Å². The second-order valence-corrected chi connectivity index (χ2v) is 10.6. The topological polar surface area (TPSA) is 137 Å². The number of rotatable bonds is 8. The van der Waals surface area contributed by atoms with E-state index in [9.17, 15) is 8.42 Å². The minimum atomic E-state index is -3.48. The number of fused-ring (bicyclic) bond motifs is 2. The summed E-state index contributed by atoms with van der Waals surface area (Å²) >= 11 is 1.37. The minimum absolute atomic E-state index is 0.129. The number of nitrogens with zero attached hydrogens (tertiary/aromatic N) is 5. The Labute approximate surface area is 190 Å². The summed E-state index contributed by atoms with van der Waals surface area (Å²) in [6, 6.07) is 3.60. The number of imidazole rings is 1. The monoisotopic (exact) mass is 479 g/mol. The number of sulfonamides is 1. The van der Waals surface area contributed by atoms with Gasteiger partial charge in [-0.15, -0.1) is 0 Å². The Bertz CT molecular complexity index is 1260. The van der Waals surface area contributed by atoms with Crippen molar-refractivity contribution in [2.75, 3.05) is 37.3 Å². The molecule has 0 radical (unpaired) electrons. The van der Waals surface area contributed by atoms with Crippen LogP contribution in [0.5, 0.6) is 11.5 Å². The molecule has 1 aliphatic rings. The molecular formula is C19H25N7O4S2. The molecule has 3 heterocycles. The van der Waals surface area contributed by atoms with Crippen LogP contribution in [0.1, 0.15) is 13.8 Å². The number of hydrogen-bond acceptors (Lipinski definition) is 10. The number of aryl methyl sites for hydroxylation is 1. The Kier molecular flexibility index (Phi) is 6.05. The van der Waals surface area contributed by atoms with Crippen molar-refractivity contribution < 1.29 is 17.9 Å². The van der Waals surface area contributed by atoms with Gasteiger partial charge in [0, 0.05) is 43.7 Å². The van der Waals surface area contributed by atoms with Gasteiger partial charge in [-0.25, -0.2) is 28.1 Å². The van der Waals surface area contributed by atoms with E-state index in [1.165, 1.54) is 18.1 Å². The minimum Gasteiger partial charge on any atom is -0.454 e. The second kappa shape index (κ2) is 8.64. The number of hydrogen-bond donors (Lipinski definition) is 2. The molecule has 4 rings (SSSR count). The molecule has 3 aromatic rings. The molecule has 13 heteroatoms. The number of anilines is 2. The molecule has 0 fully saturated rings. The Morgan fingerprint density at radius 1 is 1.25 bits per heavy atom. The van der Waals surface area contributed by atoms with Crippen molar-refractivity contribution in [3.05, 3.63) is 18.5 Å². The summed E-state index contributed by atoms with van der Waals surface area (Å²) in [6.07, 6.45) is 1.34. The first kappa shape index (κ1) is 22.4. The average molecular weight is 480 g/mol. The van der Waals surface area contributed by atoms with Crippen LogP contribution in [0, 0.1) is 0 Å². The van der Waals surface area contributed by atoms with E-state index in [-0.39, 0.29) is 31.0 Å². The number of nitrogen functional groups attached to an aromatic ring is 1. The maximum atomic E-state index is 12.4. The van der Waals surface area contributed by atoms with Gasteiger partial charge in [0.1, 0.15) is 6.33 Å². The predicted octanol–water partition coefficient (Wildman–Crippen LogP) is 1.68. The summed E-state index contributed by atoms with van der Waals surface area (Å²) in [7, 11) is 0.375. The van der Waals surface area contributed by atoms with Crippen molar-refractivity contribution in [1.29, 1.82) is 0 Å². The Morgan fingerprint density at radius 3 is 2.66 bits per heavy atom. The third kappa shape index (κ3) is 4.54. The number of aromatic nitrogens is 4. The lowest BCUT2D eigenvalue weighted by atomic mass is 10.2. The van der Waals surface area contributed by atoms with Gasteiger partial charge in [0.15, 0.2) is 33.6 Å². The summed E-state index contributed by atoms with van der Waals surface area (Å²) in [5.41, 5.74) is 7.83. The van der Waals surface area contributed by atoms with Gasteiger partial charge in [0.05, 0.1) is 11.4 Å². The highest BCUT2D eigenvalue weighted by atomic mass is 32.2. The van der Waals surface area contributed by atoms with E-state index in [0.29, 0.717) is 27.8 Å². The van der Waals surface area contributed by atoms with E-state index in [0.717, 1.165) is 10.6 Å². The molecular weight excluding hydrogens is 454 g/mol. The Hall–Kier alpha value is -2.77. The van der Waals surface area contributed by atoms with E-state index in [2.05, 4.69) is 19.7 Å². The van der Waals surface area contributed by atoms with Crippen LogP contribution in [-0.2, 0) is 16.6 Å². The summed E-state index contributed by atoms with van der Waals surface area (Å²) in [6.45, 7) is 3.88. The van der Waals surface area contributed by atoms with Crippen molar-refractivity contribution >= 4 is 44.5 Å². The summed E-state index contributed by atoms with van der Waals surface area (Å²) < 4.78 is 40.3. The largest absolute Gasteiger partial charge is 0.454 e. The standard InChI is InChI=1S/C19H25N7O4S2/c1-11(2)24-32(27,28)6-5-26-18-16(17(20)21-9-22-18)23-19(26)31-15-8-14-13(29-10-30-14)7-12(15)25(3)4/h7-9,11,24H,5-6,10H2,1-4H3,(H2,20,21,22). The van der Waals surface area contributed by atoms with Crippen LogP contribution in [0.4, 0.5) is 11.5 Å². The fourth-order valence-corrected chi connectivity index (χ4v) is 5.68. The highest BCUT2D eigenvalue weighted by Gasteiger charge is 2.23. The molecule has 1 aliphatic heterocycles. The van der Waals surface area contributed by atoms with Crippen molar-refractivity contribution in [3.63, 3.8) is 0 Å². The molecule has 0 saturated carbocycles. The Balaban J connectivity index is 1.75. The molecule has 0 aliphatic carbocycles. The van der Waals surface area contributed by atoms with Gasteiger partial charge in [0.25, 0.3) is 0 Å². The molecule has 32 heavy (non-hydrogen) atoms. The number of nitrogens with two attached hydrogens (primary N) is 1. The average Bonchev–Trinajstić information content (AvgIpc) is 3.29. The zero-order valence-electron chi connectivity index (χ0n) is 18.2. The lowest BCUT2D eigenvalue weighted by Gasteiger charge is -2.18. The second-order valence-electron chi connectivity index (χ2n) is 7.74. The number of benzene rings is 1. The van der Waals surface area contributed by atoms with Gasteiger partial charge in [-0.1, -0.05) is 0 Å². The van der Waals surface area contributed by atoms with Crippen LogP contribution in [-0.4, -0.2) is 60.6 Å². The zero-order valence-corrected chi connectivity index (χ0v) is 19.8. The SMILES string of the molecule is CC(C)NS(=O)(=O)CCn1c(Sc2cc3c(cc2N(C)C)OCO3)nc2c(N)ncnc21. The third-order valence-electron chi connectivity index (χ3n) is 4.66. The van der Waals surface area contributed by atoms with E-state index >= 15 is 0 Å². The lowest BCUT2D eigenvalue weighted by molar-refractivity contribution is 0.174. The van der Waals surface area contributed by atoms with Crippen molar-refractivity contribution in [1.82, 2.24) is 24.2 Å². The summed E-state index contributed by atoms with van der Waals surface area (Å²) in [4.78, 5) is 15.8. The molecule has 0 amide bonds. The van der Waals surface area contributed by atoms with Gasteiger partial charge in [0.2, 0.25) is 16.8 Å². The van der Waals surface area contributed by atoms with Crippen LogP contribution >= 0.6 is 11.8 Å². The summed E-state index contributed by atoms with van der Waals surface area (Å²) in [5.74, 6) is 1.42. The highest BCUT2D eigenvalue weighted by Crippen LogP contribution is 2.44. The fourth-order valence-electron chi connectivity index (χ4n) is 3.29. The first-order chi connectivity index (χ1) is 15.1. The van der Waals surface area contributed by atoms with Crippen LogP contribution in [0.25, 0.3) is 11.2 Å². The van der Waals surface area contributed by atoms with Crippen LogP contribution < -0.4 is 24.8 Å². The summed E-state index contributed by atoms with van der Waals surface area (Å²) in [5, 5.41) is 0.550. The maximum Gasteiger partial charge on any atom is 0.231 e. The normalized spacial score (nSPS) is 13.3. The molecule has 3 N–H and O–H groups in total. The first-order valence-electron chi connectivity index (χ1n) is 9.90. The van der Waals surface area contributed by atoms with Gasteiger partial charge in [-0.2, -0.15) is 0 Å². The predicted molar refractivity (Wildman–Crippen MR) is 123 cm³/mol. The van der Waals surface area contributed by atoms with Gasteiger partial charge in [-0.3, -0.25) is 0 Å². The molecule has 0 saturated heterocycles. The van der Waals surface area contributed by atoms with Crippen LogP contribution in [0.15, 0.2) is 28.5 Å². The van der Waals surface area contributed by atoms with Gasteiger partial charge in [-0.05, 0) is 25.6 Å². The molecule has 0 bridgehead atoms. The van der Waals surface area contributed by atoms with Crippen LogP contribution in [0.3, 0.4) is 0 Å². The molecule has 172 valence electrons. The van der Waals surface area contributed by atoms with Gasteiger partial charge < -0.3 is 24.7 Å². The van der Waals surface area contributed by atoms with E-state index in [1.54, 1.807) is 18.4 Å². The quantitative estimate of drug-likeness (QED) is 0.491. The van der Waals surface area contributed by atoms with E-state index in [1.807, 2.05) is 31.1 Å². The molecule has 1 aromatic carbocycles. The van der Waals surface area contributed by atoms with Crippen molar-refractivity contribution in [3.8, 4) is 11.5 Å². The van der Waals surface area contributed by atoms with Crippen molar-refractivity contribution in [2.24, 2.45) is 0 Å². The van der Waals surface area contributed by atoms with Gasteiger partial charge >= 0.3 is 0 Å². The van der Waals surface area contributed by atoms with E-state index < -0.39 is 10.0 Å². The molecule has 2 aromatic heterocycles. The zero-order chi connectivity index (χ0) is 23.0. The molecule has 0 spiro atoms. The number of ether oxygens (including phenoxy) is 2. The smallest absolute Gasteiger partial charge is 0.231 e.